The number of ether oxygens (including phenoxy) is 2. The summed E-state index contributed by atoms with van der Waals surface area (Å²) in [6.45, 7) is 3.64. The van der Waals surface area contributed by atoms with Crippen molar-refractivity contribution in [1.82, 2.24) is 10.2 Å². The monoisotopic (exact) mass is 587 g/mol. The molecule has 0 heterocycles. The molecule has 0 bridgehead atoms. The molecule has 0 aliphatic heterocycles. The first-order chi connectivity index (χ1) is 19.1. The van der Waals surface area contributed by atoms with Crippen LogP contribution in [0.1, 0.15) is 25.8 Å². The molecule has 3 aromatic rings. The molecular formula is C29H34ClN3O6S. The van der Waals surface area contributed by atoms with Gasteiger partial charge in [-0.3, -0.25) is 13.9 Å². The molecule has 0 spiro atoms. The lowest BCUT2D eigenvalue weighted by Gasteiger charge is -2.33. The fourth-order valence-electron chi connectivity index (χ4n) is 4.15. The molecule has 0 fully saturated rings. The van der Waals surface area contributed by atoms with E-state index >= 15 is 0 Å². The van der Waals surface area contributed by atoms with E-state index in [0.717, 1.165) is 9.87 Å². The van der Waals surface area contributed by atoms with E-state index in [9.17, 15) is 18.0 Å². The average molecular weight is 588 g/mol. The van der Waals surface area contributed by atoms with Crippen LogP contribution >= 0.6 is 11.6 Å². The predicted octanol–water partition coefficient (Wildman–Crippen LogP) is 4.50. The van der Waals surface area contributed by atoms with Crippen LogP contribution in [-0.4, -0.2) is 58.5 Å². The highest BCUT2D eigenvalue weighted by Crippen LogP contribution is 2.27. The lowest BCUT2D eigenvalue weighted by atomic mass is 10.1. The number of nitrogens with zero attached hydrogens (tertiary/aromatic N) is 2. The fourth-order valence-corrected chi connectivity index (χ4v) is 5.69. The van der Waals surface area contributed by atoms with E-state index in [1.807, 2.05) is 6.92 Å². The molecule has 0 unspecified atom stereocenters. The Balaban J connectivity index is 2.04. The van der Waals surface area contributed by atoms with E-state index in [2.05, 4.69) is 5.32 Å². The summed E-state index contributed by atoms with van der Waals surface area (Å²) in [6, 6.07) is 18.5. The Labute approximate surface area is 240 Å². The molecule has 0 radical (unpaired) electrons. The van der Waals surface area contributed by atoms with Crippen LogP contribution in [0.2, 0.25) is 5.02 Å². The number of amides is 2. The van der Waals surface area contributed by atoms with Crippen LogP contribution in [0.3, 0.4) is 0 Å². The van der Waals surface area contributed by atoms with Gasteiger partial charge in [-0.15, -0.1) is 0 Å². The van der Waals surface area contributed by atoms with Crippen LogP contribution in [0.5, 0.6) is 11.5 Å². The first-order valence-electron chi connectivity index (χ1n) is 12.8. The van der Waals surface area contributed by atoms with Crippen molar-refractivity contribution in [3.63, 3.8) is 0 Å². The minimum Gasteiger partial charge on any atom is -0.497 e. The van der Waals surface area contributed by atoms with Gasteiger partial charge >= 0.3 is 0 Å². The minimum absolute atomic E-state index is 0.0290. The largest absolute Gasteiger partial charge is 0.497 e. The minimum atomic E-state index is -4.20. The van der Waals surface area contributed by atoms with Crippen LogP contribution in [-0.2, 0) is 26.2 Å². The topological polar surface area (TPSA) is 105 Å². The number of hydrogen-bond donors (Lipinski definition) is 1. The normalized spacial score (nSPS) is 11.8. The van der Waals surface area contributed by atoms with Gasteiger partial charge in [-0.05, 0) is 79.6 Å². The van der Waals surface area contributed by atoms with Crippen LogP contribution < -0.4 is 19.1 Å². The third-order valence-corrected chi connectivity index (χ3v) is 8.30. The molecule has 214 valence electrons. The number of nitrogens with one attached hydrogen (secondary N) is 1. The van der Waals surface area contributed by atoms with E-state index in [4.69, 9.17) is 21.1 Å². The summed E-state index contributed by atoms with van der Waals surface area (Å²) in [4.78, 5) is 28.1. The Kier molecular flexibility index (Phi) is 10.8. The number of methoxy groups -OCH3 is 1. The van der Waals surface area contributed by atoms with Crippen LogP contribution in [0.15, 0.2) is 77.7 Å². The number of likely N-dealkylation sites (N-methyl/N-ethyl adjacent to an activating group) is 1. The van der Waals surface area contributed by atoms with E-state index < -0.39 is 28.5 Å². The molecule has 11 heteroatoms. The van der Waals surface area contributed by atoms with Crippen molar-refractivity contribution in [3.8, 4) is 11.5 Å². The highest BCUT2D eigenvalue weighted by molar-refractivity contribution is 7.92. The molecule has 2 amide bonds. The summed E-state index contributed by atoms with van der Waals surface area (Å²) in [6.07, 6.45) is 0.328. The van der Waals surface area contributed by atoms with Gasteiger partial charge in [-0.1, -0.05) is 30.7 Å². The molecule has 0 saturated carbocycles. The van der Waals surface area contributed by atoms with Crippen LogP contribution in [0.4, 0.5) is 5.69 Å². The Morgan fingerprint density at radius 3 is 2.05 bits per heavy atom. The molecule has 1 atom stereocenters. The molecule has 0 aromatic heterocycles. The number of carbonyl (C=O) groups excluding carboxylic acids is 2. The van der Waals surface area contributed by atoms with Crippen molar-refractivity contribution in [3.05, 3.63) is 83.4 Å². The van der Waals surface area contributed by atoms with Gasteiger partial charge in [-0.2, -0.15) is 0 Å². The number of benzene rings is 3. The Hall–Kier alpha value is -3.76. The second-order valence-electron chi connectivity index (χ2n) is 8.80. The van der Waals surface area contributed by atoms with E-state index in [0.29, 0.717) is 29.5 Å². The smallest absolute Gasteiger partial charge is 0.264 e. The first kappa shape index (κ1) is 30.8. The van der Waals surface area contributed by atoms with Crippen LogP contribution in [0.25, 0.3) is 0 Å². The summed E-state index contributed by atoms with van der Waals surface area (Å²) < 4.78 is 39.5. The van der Waals surface area contributed by atoms with Gasteiger partial charge in [0, 0.05) is 18.6 Å². The predicted molar refractivity (Wildman–Crippen MR) is 155 cm³/mol. The van der Waals surface area contributed by atoms with Crippen LogP contribution in [0, 0.1) is 0 Å². The fraction of sp³-hybridized carbons (Fsp3) is 0.310. The summed E-state index contributed by atoms with van der Waals surface area (Å²) >= 11 is 5.99. The average Bonchev–Trinajstić information content (AvgIpc) is 2.96. The van der Waals surface area contributed by atoms with Gasteiger partial charge in [0.15, 0.2) is 0 Å². The third kappa shape index (κ3) is 7.45. The zero-order valence-corrected chi connectivity index (χ0v) is 24.5. The number of rotatable bonds is 13. The number of hydrogen-bond acceptors (Lipinski definition) is 6. The second kappa shape index (κ2) is 14.0. The van der Waals surface area contributed by atoms with Gasteiger partial charge < -0.3 is 19.7 Å². The SMILES string of the molecule is CCOc1ccc(N(CC(=O)N(Cc2ccc(OC)cc2)[C@H](CC)C(=O)NC)S(=O)(=O)c2ccc(Cl)cc2)cc1. The molecule has 3 aromatic carbocycles. The highest BCUT2D eigenvalue weighted by atomic mass is 35.5. The van der Waals surface area contributed by atoms with Gasteiger partial charge in [0.2, 0.25) is 11.8 Å². The van der Waals surface area contributed by atoms with Crippen molar-refractivity contribution in [2.45, 2.75) is 37.8 Å². The molecule has 0 aliphatic carbocycles. The molecule has 9 nitrogen and oxygen atoms in total. The summed E-state index contributed by atoms with van der Waals surface area (Å²) in [5.74, 6) is 0.319. The van der Waals surface area contributed by atoms with E-state index in [1.165, 1.54) is 36.2 Å². The van der Waals surface area contributed by atoms with E-state index in [1.54, 1.807) is 62.6 Å². The number of anilines is 1. The lowest BCUT2D eigenvalue weighted by Crippen LogP contribution is -2.51. The second-order valence-corrected chi connectivity index (χ2v) is 11.1. The van der Waals surface area contributed by atoms with Crippen molar-refractivity contribution in [2.24, 2.45) is 0 Å². The summed E-state index contributed by atoms with van der Waals surface area (Å²) in [5.41, 5.74) is 1.02. The zero-order chi connectivity index (χ0) is 29.3. The van der Waals surface area contributed by atoms with Gasteiger partial charge in [0.1, 0.15) is 24.1 Å². The van der Waals surface area contributed by atoms with Crippen molar-refractivity contribution < 1.29 is 27.5 Å². The number of carbonyl (C=O) groups is 2. The number of halogens is 1. The Bertz CT molecular complexity index is 1380. The maximum Gasteiger partial charge on any atom is 0.264 e. The number of sulfonamides is 1. The first-order valence-corrected chi connectivity index (χ1v) is 14.6. The summed E-state index contributed by atoms with van der Waals surface area (Å²) in [7, 11) is -1.14. The van der Waals surface area contributed by atoms with Gasteiger partial charge in [-0.25, -0.2) is 8.42 Å². The molecule has 1 N–H and O–H groups in total. The van der Waals surface area contributed by atoms with Crippen molar-refractivity contribution in [2.75, 3.05) is 31.6 Å². The quantitative estimate of drug-likeness (QED) is 0.316. The third-order valence-electron chi connectivity index (χ3n) is 6.26. The zero-order valence-electron chi connectivity index (χ0n) is 23.0. The molecule has 40 heavy (non-hydrogen) atoms. The summed E-state index contributed by atoms with van der Waals surface area (Å²) in [5, 5.41) is 2.99. The molecule has 0 saturated heterocycles. The molecule has 0 aliphatic rings. The Morgan fingerprint density at radius 2 is 1.52 bits per heavy atom. The maximum atomic E-state index is 13.9. The molecule has 3 rings (SSSR count). The van der Waals surface area contributed by atoms with Gasteiger partial charge in [0.25, 0.3) is 10.0 Å². The van der Waals surface area contributed by atoms with E-state index in [-0.39, 0.29) is 23.0 Å². The Morgan fingerprint density at radius 1 is 0.925 bits per heavy atom. The molecular weight excluding hydrogens is 554 g/mol. The van der Waals surface area contributed by atoms with Crippen molar-refractivity contribution >= 4 is 39.1 Å². The maximum absolute atomic E-state index is 13.9. The standard InChI is InChI=1S/C29H34ClN3O6S/c1-5-27(29(35)31-3)32(19-21-7-13-24(38-4)14-8-21)28(34)20-33(23-11-15-25(16-12-23)39-6-2)40(36,37)26-17-9-22(30)10-18-26/h7-18,27H,5-6,19-20H2,1-4H3,(H,31,35)/t27-/m1/s1. The van der Waals surface area contributed by atoms with Gasteiger partial charge in [0.05, 0.1) is 24.3 Å². The van der Waals surface area contributed by atoms with Crippen molar-refractivity contribution in [1.29, 1.82) is 0 Å². The highest BCUT2D eigenvalue weighted by Gasteiger charge is 2.33. The lowest BCUT2D eigenvalue weighted by molar-refractivity contribution is -0.140.